The van der Waals surface area contributed by atoms with Crippen LogP contribution in [0.4, 0.5) is 5.69 Å². The number of anilines is 1. The third-order valence-electron chi connectivity index (χ3n) is 4.30. The Labute approximate surface area is 161 Å². The van der Waals surface area contributed by atoms with Gasteiger partial charge in [-0.1, -0.05) is 11.6 Å². The molecule has 1 fully saturated rings. The zero-order valence-corrected chi connectivity index (χ0v) is 16.2. The predicted octanol–water partition coefficient (Wildman–Crippen LogP) is 3.64. The van der Waals surface area contributed by atoms with Crippen LogP contribution < -0.4 is 10.2 Å². The topological polar surface area (TPSA) is 48.7 Å². The van der Waals surface area contributed by atoms with Crippen LogP contribution in [0.1, 0.15) is 17.0 Å². The van der Waals surface area contributed by atoms with Gasteiger partial charge in [0.1, 0.15) is 0 Å². The number of nitrogens with one attached hydrogen (secondary N) is 1. The summed E-state index contributed by atoms with van der Waals surface area (Å²) in [6.45, 7) is 5.71. The van der Waals surface area contributed by atoms with Crippen molar-refractivity contribution >= 4 is 39.1 Å². The van der Waals surface area contributed by atoms with Crippen LogP contribution in [0.25, 0.3) is 0 Å². The van der Waals surface area contributed by atoms with Gasteiger partial charge in [-0.15, -0.1) is 0 Å². The summed E-state index contributed by atoms with van der Waals surface area (Å²) in [7, 11) is 0. The molecule has 0 saturated carbocycles. The summed E-state index contributed by atoms with van der Waals surface area (Å²) in [5.41, 5.74) is 1.22. The minimum atomic E-state index is -0.168. The minimum absolute atomic E-state index is 0.168. The van der Waals surface area contributed by atoms with Gasteiger partial charge in [0.25, 0.3) is 5.91 Å². The van der Waals surface area contributed by atoms with Gasteiger partial charge in [0.15, 0.2) is 10.4 Å². The first kappa shape index (κ1) is 18.3. The number of hydrogen-bond donors (Lipinski definition) is 1. The molecule has 0 atom stereocenters. The predicted molar refractivity (Wildman–Crippen MR) is 103 cm³/mol. The van der Waals surface area contributed by atoms with E-state index in [1.807, 2.05) is 12.1 Å². The van der Waals surface area contributed by atoms with Crippen LogP contribution in [-0.2, 0) is 0 Å². The van der Waals surface area contributed by atoms with Crippen LogP contribution in [0.5, 0.6) is 0 Å². The lowest BCUT2D eigenvalue weighted by molar-refractivity contribution is 0.0922. The van der Waals surface area contributed by atoms with Gasteiger partial charge < -0.3 is 14.6 Å². The lowest BCUT2D eigenvalue weighted by Gasteiger charge is -2.36. The molecule has 1 aromatic heterocycles. The second-order valence-corrected chi connectivity index (χ2v) is 7.24. The monoisotopic (exact) mass is 425 g/mol. The number of piperazine rings is 1. The van der Waals surface area contributed by atoms with E-state index in [9.17, 15) is 4.79 Å². The molecular formula is C18H21BrClN3O2. The standard InChI is InChI=1S/C18H21BrClN3O2/c19-17-7-6-16(25-17)18(24)21-8-1-9-22-10-12-23(13-11-22)15-4-2-14(20)3-5-15/h2-7H,1,8-13H2,(H,21,24). The highest BCUT2D eigenvalue weighted by atomic mass is 79.9. The second-order valence-electron chi connectivity index (χ2n) is 6.02. The molecule has 1 amide bonds. The van der Waals surface area contributed by atoms with Crippen molar-refractivity contribution in [2.75, 3.05) is 44.2 Å². The number of hydrogen-bond acceptors (Lipinski definition) is 4. The number of nitrogens with zero attached hydrogens (tertiary/aromatic N) is 2. The Hall–Kier alpha value is -1.50. The smallest absolute Gasteiger partial charge is 0.287 e. The molecule has 2 aromatic rings. The first-order valence-electron chi connectivity index (χ1n) is 8.38. The van der Waals surface area contributed by atoms with Crippen LogP contribution in [-0.4, -0.2) is 50.1 Å². The molecule has 1 saturated heterocycles. The largest absolute Gasteiger partial charge is 0.444 e. The number of furan rings is 1. The van der Waals surface area contributed by atoms with E-state index in [1.54, 1.807) is 12.1 Å². The molecule has 2 heterocycles. The molecule has 0 radical (unpaired) electrons. The first-order chi connectivity index (χ1) is 12.1. The number of benzene rings is 1. The maximum absolute atomic E-state index is 11.9. The number of amides is 1. The summed E-state index contributed by atoms with van der Waals surface area (Å²) < 4.78 is 5.80. The molecular weight excluding hydrogens is 406 g/mol. The molecule has 0 unspecified atom stereocenters. The fraction of sp³-hybridized carbons (Fsp3) is 0.389. The van der Waals surface area contributed by atoms with Crippen molar-refractivity contribution in [1.82, 2.24) is 10.2 Å². The van der Waals surface area contributed by atoms with Crippen molar-refractivity contribution in [2.24, 2.45) is 0 Å². The molecule has 7 heteroatoms. The average Bonchev–Trinajstić information content (AvgIpc) is 3.06. The maximum atomic E-state index is 11.9. The number of rotatable bonds is 6. The van der Waals surface area contributed by atoms with E-state index in [0.29, 0.717) is 17.0 Å². The molecule has 1 aromatic carbocycles. The highest BCUT2D eigenvalue weighted by Gasteiger charge is 2.17. The molecule has 1 aliphatic rings. The van der Waals surface area contributed by atoms with Crippen LogP contribution in [0.3, 0.4) is 0 Å². The number of halogens is 2. The fourth-order valence-electron chi connectivity index (χ4n) is 2.91. The lowest BCUT2D eigenvalue weighted by atomic mass is 10.2. The molecule has 5 nitrogen and oxygen atoms in total. The van der Waals surface area contributed by atoms with Crippen LogP contribution in [0.15, 0.2) is 45.5 Å². The normalized spacial score (nSPS) is 15.4. The Kier molecular flexibility index (Phi) is 6.39. The van der Waals surface area contributed by atoms with Crippen molar-refractivity contribution < 1.29 is 9.21 Å². The summed E-state index contributed by atoms with van der Waals surface area (Å²) in [4.78, 5) is 16.7. The Morgan fingerprint density at radius 1 is 1.12 bits per heavy atom. The van der Waals surface area contributed by atoms with Crippen LogP contribution in [0.2, 0.25) is 5.02 Å². The van der Waals surface area contributed by atoms with Crippen molar-refractivity contribution in [2.45, 2.75) is 6.42 Å². The van der Waals surface area contributed by atoms with Crippen LogP contribution >= 0.6 is 27.5 Å². The minimum Gasteiger partial charge on any atom is -0.444 e. The van der Waals surface area contributed by atoms with Gasteiger partial charge in [0.2, 0.25) is 0 Å². The van der Waals surface area contributed by atoms with Crippen molar-refractivity contribution in [3.8, 4) is 0 Å². The SMILES string of the molecule is O=C(NCCCN1CCN(c2ccc(Cl)cc2)CC1)c1ccc(Br)o1. The number of carbonyl (C=O) groups excluding carboxylic acids is 1. The van der Waals surface area contributed by atoms with Crippen molar-refractivity contribution in [1.29, 1.82) is 0 Å². The lowest BCUT2D eigenvalue weighted by Crippen LogP contribution is -2.47. The quantitative estimate of drug-likeness (QED) is 0.717. The second kappa shape index (κ2) is 8.74. The van der Waals surface area contributed by atoms with Gasteiger partial charge in [0, 0.05) is 43.4 Å². The molecule has 134 valence electrons. The summed E-state index contributed by atoms with van der Waals surface area (Å²) in [5, 5.41) is 3.66. The van der Waals surface area contributed by atoms with E-state index < -0.39 is 0 Å². The maximum Gasteiger partial charge on any atom is 0.287 e. The Morgan fingerprint density at radius 3 is 2.48 bits per heavy atom. The van der Waals surface area contributed by atoms with Gasteiger partial charge in [-0.3, -0.25) is 9.69 Å². The van der Waals surface area contributed by atoms with E-state index in [-0.39, 0.29) is 5.91 Å². The van der Waals surface area contributed by atoms with Gasteiger partial charge in [-0.25, -0.2) is 0 Å². The van der Waals surface area contributed by atoms with E-state index in [0.717, 1.165) is 44.2 Å². The Morgan fingerprint density at radius 2 is 1.84 bits per heavy atom. The van der Waals surface area contributed by atoms with Crippen molar-refractivity contribution in [3.05, 3.63) is 51.9 Å². The van der Waals surface area contributed by atoms with E-state index in [1.165, 1.54) is 5.69 Å². The molecule has 1 aliphatic heterocycles. The van der Waals surface area contributed by atoms with E-state index >= 15 is 0 Å². The zero-order valence-electron chi connectivity index (χ0n) is 13.9. The average molecular weight is 427 g/mol. The van der Waals surface area contributed by atoms with Gasteiger partial charge >= 0.3 is 0 Å². The van der Waals surface area contributed by atoms with E-state index in [2.05, 4.69) is 43.2 Å². The Balaban J connectivity index is 1.34. The van der Waals surface area contributed by atoms with E-state index in [4.69, 9.17) is 16.0 Å². The third-order valence-corrected chi connectivity index (χ3v) is 4.98. The first-order valence-corrected chi connectivity index (χ1v) is 9.55. The van der Waals surface area contributed by atoms with Gasteiger partial charge in [-0.05, 0) is 65.3 Å². The molecule has 3 rings (SSSR count). The highest BCUT2D eigenvalue weighted by molar-refractivity contribution is 9.10. The molecule has 25 heavy (non-hydrogen) atoms. The molecule has 0 aliphatic carbocycles. The third kappa shape index (κ3) is 5.23. The molecule has 1 N–H and O–H groups in total. The molecule has 0 bridgehead atoms. The number of carbonyl (C=O) groups is 1. The fourth-order valence-corrected chi connectivity index (χ4v) is 3.34. The highest BCUT2D eigenvalue weighted by Crippen LogP contribution is 2.19. The molecule has 0 spiro atoms. The van der Waals surface area contributed by atoms with Crippen molar-refractivity contribution in [3.63, 3.8) is 0 Å². The van der Waals surface area contributed by atoms with Gasteiger partial charge in [-0.2, -0.15) is 0 Å². The summed E-state index contributed by atoms with van der Waals surface area (Å²) in [6.07, 6.45) is 0.925. The van der Waals surface area contributed by atoms with Gasteiger partial charge in [0.05, 0.1) is 0 Å². The summed E-state index contributed by atoms with van der Waals surface area (Å²) in [6, 6.07) is 11.4. The Bertz CT molecular complexity index is 697. The summed E-state index contributed by atoms with van der Waals surface area (Å²) >= 11 is 9.14. The summed E-state index contributed by atoms with van der Waals surface area (Å²) in [5.74, 6) is 0.168. The zero-order chi connectivity index (χ0) is 17.6. The van der Waals surface area contributed by atoms with Crippen LogP contribution in [0, 0.1) is 0 Å².